The Morgan fingerprint density at radius 3 is 2.76 bits per heavy atom. The Bertz CT molecular complexity index is 651. The lowest BCUT2D eigenvalue weighted by atomic mass is 9.96. The molecule has 0 heterocycles. The van der Waals surface area contributed by atoms with Crippen LogP contribution in [0.1, 0.15) is 11.1 Å². The molecule has 0 unspecified atom stereocenters. The van der Waals surface area contributed by atoms with Crippen molar-refractivity contribution < 1.29 is 9.72 Å². The highest BCUT2D eigenvalue weighted by atomic mass is 16.6. The molecule has 0 N–H and O–H groups in total. The van der Waals surface area contributed by atoms with E-state index in [-0.39, 0.29) is 11.5 Å². The Hall–Kier alpha value is -2.49. The van der Waals surface area contributed by atoms with Gasteiger partial charge in [-0.05, 0) is 34.9 Å². The highest BCUT2D eigenvalue weighted by molar-refractivity contribution is 6.23. The van der Waals surface area contributed by atoms with Crippen molar-refractivity contribution >= 4 is 23.1 Å². The molecule has 0 spiro atoms. The van der Waals surface area contributed by atoms with Gasteiger partial charge in [-0.15, -0.1) is 0 Å². The van der Waals surface area contributed by atoms with Gasteiger partial charge in [0.25, 0.3) is 5.69 Å². The predicted octanol–water partition coefficient (Wildman–Crippen LogP) is 2.51. The van der Waals surface area contributed by atoms with Crippen LogP contribution in [0.4, 0.5) is 5.69 Å². The number of carbonyl (C=O) groups excluding carboxylic acids is 1. The first-order valence-corrected chi connectivity index (χ1v) is 5.10. The maximum atomic E-state index is 11.6. The van der Waals surface area contributed by atoms with E-state index >= 15 is 0 Å². The number of rotatable bonds is 1. The maximum Gasteiger partial charge on any atom is 0.270 e. The van der Waals surface area contributed by atoms with Gasteiger partial charge in [0.15, 0.2) is 5.78 Å². The molecule has 0 aromatic heterocycles. The number of allylic oxidation sites excluding steroid dienone is 5. The first-order valence-electron chi connectivity index (χ1n) is 5.10. The Kier molecular flexibility index (Phi) is 1.86. The molecule has 2 aliphatic rings. The van der Waals surface area contributed by atoms with Gasteiger partial charge in [0, 0.05) is 17.7 Å². The predicted molar refractivity (Wildman–Crippen MR) is 63.2 cm³/mol. The minimum absolute atomic E-state index is 0.0419. The maximum absolute atomic E-state index is 11.6. The van der Waals surface area contributed by atoms with Crippen molar-refractivity contribution in [2.45, 2.75) is 0 Å². The third-order valence-electron chi connectivity index (χ3n) is 2.90. The summed E-state index contributed by atoms with van der Waals surface area (Å²) in [7, 11) is 0. The largest absolute Gasteiger partial charge is 0.289 e. The Morgan fingerprint density at radius 2 is 2.00 bits per heavy atom. The number of hydrogen-bond donors (Lipinski definition) is 0. The minimum Gasteiger partial charge on any atom is -0.289 e. The van der Waals surface area contributed by atoms with E-state index in [4.69, 9.17) is 0 Å². The van der Waals surface area contributed by atoms with E-state index in [2.05, 4.69) is 0 Å². The summed E-state index contributed by atoms with van der Waals surface area (Å²) in [5, 5.41) is 10.7. The van der Waals surface area contributed by atoms with Gasteiger partial charge >= 0.3 is 0 Å². The van der Waals surface area contributed by atoms with E-state index in [1.165, 1.54) is 18.2 Å². The molecule has 0 fully saturated rings. The molecule has 4 heteroatoms. The van der Waals surface area contributed by atoms with E-state index in [9.17, 15) is 14.9 Å². The molecular formula is C13H7NO3. The molecular weight excluding hydrogens is 218 g/mol. The smallest absolute Gasteiger partial charge is 0.270 e. The van der Waals surface area contributed by atoms with Gasteiger partial charge in [0.2, 0.25) is 0 Å². The topological polar surface area (TPSA) is 60.2 Å². The Morgan fingerprint density at radius 1 is 1.18 bits per heavy atom. The average molecular weight is 225 g/mol. The normalized spacial score (nSPS) is 16.1. The van der Waals surface area contributed by atoms with Crippen molar-refractivity contribution in [3.8, 4) is 0 Å². The van der Waals surface area contributed by atoms with Gasteiger partial charge in [0.05, 0.1) is 4.92 Å². The van der Waals surface area contributed by atoms with Gasteiger partial charge in [-0.1, -0.05) is 12.2 Å². The molecule has 17 heavy (non-hydrogen) atoms. The number of ketones is 1. The van der Waals surface area contributed by atoms with Crippen LogP contribution in [0.2, 0.25) is 0 Å². The molecule has 3 rings (SSSR count). The van der Waals surface area contributed by atoms with Crippen LogP contribution in [0, 0.1) is 10.1 Å². The number of fused-ring (bicyclic) bond motifs is 3. The molecule has 0 amide bonds. The lowest BCUT2D eigenvalue weighted by Gasteiger charge is -2.06. The highest BCUT2D eigenvalue weighted by Gasteiger charge is 2.25. The molecule has 1 aromatic carbocycles. The van der Waals surface area contributed by atoms with Crippen molar-refractivity contribution in [1.82, 2.24) is 0 Å². The number of nitro groups is 1. The summed E-state index contributed by atoms with van der Waals surface area (Å²) in [6, 6.07) is 4.64. The molecule has 82 valence electrons. The van der Waals surface area contributed by atoms with Crippen LogP contribution in [0.15, 0.2) is 42.0 Å². The molecule has 4 nitrogen and oxygen atoms in total. The average Bonchev–Trinajstić information content (AvgIpc) is 2.68. The zero-order valence-electron chi connectivity index (χ0n) is 8.71. The molecule has 0 radical (unpaired) electrons. The van der Waals surface area contributed by atoms with Crippen LogP contribution < -0.4 is 0 Å². The molecule has 0 saturated heterocycles. The molecule has 0 bridgehead atoms. The molecule has 0 atom stereocenters. The number of non-ortho nitro benzene ring substituents is 1. The second kappa shape index (κ2) is 3.25. The van der Waals surface area contributed by atoms with Crippen LogP contribution >= 0.6 is 0 Å². The quantitative estimate of drug-likeness (QED) is 0.545. The van der Waals surface area contributed by atoms with Gasteiger partial charge in [0.1, 0.15) is 0 Å². The van der Waals surface area contributed by atoms with Gasteiger partial charge < -0.3 is 0 Å². The fraction of sp³-hybridized carbons (Fsp3) is 0. The van der Waals surface area contributed by atoms with Crippen molar-refractivity contribution in [1.29, 1.82) is 0 Å². The summed E-state index contributed by atoms with van der Waals surface area (Å²) < 4.78 is 0. The summed E-state index contributed by atoms with van der Waals surface area (Å²) in [6.45, 7) is 0. The standard InChI is InChI=1S/C13H7NO3/c15-13-3-1-2-11-10-5-4-9(14(16)17)6-8(10)7-12(11)13/h1-7H. The van der Waals surface area contributed by atoms with Crippen molar-refractivity contribution in [3.63, 3.8) is 0 Å². The van der Waals surface area contributed by atoms with E-state index in [0.717, 1.165) is 16.7 Å². The van der Waals surface area contributed by atoms with Gasteiger partial charge in [-0.25, -0.2) is 0 Å². The zero-order chi connectivity index (χ0) is 12.0. The van der Waals surface area contributed by atoms with Crippen molar-refractivity contribution in [2.75, 3.05) is 0 Å². The summed E-state index contributed by atoms with van der Waals surface area (Å²) in [5.41, 5.74) is 3.12. The van der Waals surface area contributed by atoms with E-state index in [1.807, 2.05) is 6.08 Å². The minimum atomic E-state index is -0.435. The van der Waals surface area contributed by atoms with E-state index < -0.39 is 4.92 Å². The summed E-state index contributed by atoms with van der Waals surface area (Å²) >= 11 is 0. The van der Waals surface area contributed by atoms with Crippen LogP contribution in [0.5, 0.6) is 0 Å². The lowest BCUT2D eigenvalue weighted by Crippen LogP contribution is -2.00. The summed E-state index contributed by atoms with van der Waals surface area (Å²) in [5.74, 6) is -0.0543. The Balaban J connectivity index is 2.19. The summed E-state index contributed by atoms with van der Waals surface area (Å²) in [4.78, 5) is 21.9. The van der Waals surface area contributed by atoms with Gasteiger partial charge in [-0.3, -0.25) is 14.9 Å². The van der Waals surface area contributed by atoms with Crippen LogP contribution in [-0.2, 0) is 4.79 Å². The summed E-state index contributed by atoms with van der Waals surface area (Å²) in [6.07, 6.45) is 6.76. The third-order valence-corrected chi connectivity index (χ3v) is 2.90. The van der Waals surface area contributed by atoms with Crippen LogP contribution in [0.25, 0.3) is 11.6 Å². The molecule has 0 saturated carbocycles. The molecule has 0 aliphatic heterocycles. The first kappa shape index (κ1) is 9.72. The highest BCUT2D eigenvalue weighted by Crippen LogP contribution is 2.39. The first-order chi connectivity index (χ1) is 8.16. The molecule has 2 aliphatic carbocycles. The number of hydrogen-bond acceptors (Lipinski definition) is 3. The lowest BCUT2D eigenvalue weighted by molar-refractivity contribution is -0.384. The monoisotopic (exact) mass is 225 g/mol. The van der Waals surface area contributed by atoms with Crippen molar-refractivity contribution in [2.24, 2.45) is 0 Å². The number of nitro benzene ring substituents is 1. The number of nitrogens with zero attached hydrogens (tertiary/aromatic N) is 1. The number of carbonyl (C=O) groups is 1. The van der Waals surface area contributed by atoms with Crippen molar-refractivity contribution in [3.05, 3.63) is 63.2 Å². The van der Waals surface area contributed by atoms with Gasteiger partial charge in [-0.2, -0.15) is 0 Å². The SMILES string of the molecule is O=C1C=CC=C2C1=Cc1cc([N+](=O)[O-])ccc12. The third kappa shape index (κ3) is 1.34. The van der Waals surface area contributed by atoms with Crippen LogP contribution in [0.3, 0.4) is 0 Å². The fourth-order valence-electron chi connectivity index (χ4n) is 2.11. The van der Waals surface area contributed by atoms with Crippen LogP contribution in [-0.4, -0.2) is 10.7 Å². The van der Waals surface area contributed by atoms with E-state index in [0.29, 0.717) is 5.57 Å². The second-order valence-electron chi connectivity index (χ2n) is 3.89. The Labute approximate surface area is 96.7 Å². The number of benzene rings is 1. The zero-order valence-corrected chi connectivity index (χ0v) is 8.71. The second-order valence-corrected chi connectivity index (χ2v) is 3.89. The van der Waals surface area contributed by atoms with E-state index in [1.54, 1.807) is 18.2 Å². The fourth-order valence-corrected chi connectivity index (χ4v) is 2.11. The molecule has 1 aromatic rings.